The summed E-state index contributed by atoms with van der Waals surface area (Å²) < 4.78 is 31.5. The average molecular weight is 585 g/mol. The summed E-state index contributed by atoms with van der Waals surface area (Å²) >= 11 is 11.6. The van der Waals surface area contributed by atoms with Crippen LogP contribution >= 0.6 is 23.2 Å². The minimum absolute atomic E-state index is 0.0374. The molecule has 0 unspecified atom stereocenters. The normalized spacial score (nSPS) is 18.8. The number of carbonyl (C=O) groups is 3. The van der Waals surface area contributed by atoms with Crippen LogP contribution in [0.1, 0.15) is 32.6 Å². The highest BCUT2D eigenvalue weighted by Gasteiger charge is 2.29. The Morgan fingerprint density at radius 3 is 2.05 bits per heavy atom. The maximum atomic E-state index is 13.4. The molecule has 2 fully saturated rings. The van der Waals surface area contributed by atoms with E-state index in [1.807, 2.05) is 0 Å². The van der Waals surface area contributed by atoms with E-state index in [0.29, 0.717) is 38.2 Å². The molecule has 0 saturated carbocycles. The second-order valence-electron chi connectivity index (χ2n) is 9.21. The number of rotatable bonds is 5. The summed E-state index contributed by atoms with van der Waals surface area (Å²) in [4.78, 5) is 37.4. The predicted molar refractivity (Wildman–Crippen MR) is 147 cm³/mol. The molecule has 2 aromatic rings. The topological polar surface area (TPSA) is 99.8 Å². The molecule has 0 radical (unpaired) electrons. The fourth-order valence-corrected chi connectivity index (χ4v) is 4.66. The van der Waals surface area contributed by atoms with Crippen molar-refractivity contribution in [3.63, 3.8) is 0 Å². The quantitative estimate of drug-likeness (QED) is 0.418. The lowest BCUT2D eigenvalue weighted by atomic mass is 9.97. The van der Waals surface area contributed by atoms with Crippen molar-refractivity contribution in [2.24, 2.45) is 11.8 Å². The van der Waals surface area contributed by atoms with Gasteiger partial charge < -0.3 is 25.6 Å². The van der Waals surface area contributed by atoms with E-state index in [1.54, 1.807) is 13.0 Å². The Morgan fingerprint density at radius 2 is 1.51 bits per heavy atom. The first-order valence-electron chi connectivity index (χ1n) is 12.8. The molecule has 0 bridgehead atoms. The number of ether oxygens (including phenoxy) is 1. The molecule has 3 N–H and O–H groups in total. The van der Waals surface area contributed by atoms with Gasteiger partial charge in [-0.2, -0.15) is 0 Å². The zero-order valence-electron chi connectivity index (χ0n) is 21.6. The van der Waals surface area contributed by atoms with E-state index in [-0.39, 0.29) is 45.9 Å². The number of halogens is 4. The van der Waals surface area contributed by atoms with Gasteiger partial charge in [-0.3, -0.25) is 9.59 Å². The van der Waals surface area contributed by atoms with Crippen molar-refractivity contribution in [1.29, 1.82) is 0 Å². The summed E-state index contributed by atoms with van der Waals surface area (Å²) in [5.41, 5.74) is 0.571. The van der Waals surface area contributed by atoms with Gasteiger partial charge in [0.25, 0.3) is 0 Å². The summed E-state index contributed by atoms with van der Waals surface area (Å²) in [5.74, 6) is -1.92. The highest BCUT2D eigenvalue weighted by molar-refractivity contribution is 6.34. The van der Waals surface area contributed by atoms with Crippen molar-refractivity contribution in [1.82, 2.24) is 10.2 Å². The maximum absolute atomic E-state index is 13.4. The number of hydrogen-bond acceptors (Lipinski definition) is 5. The van der Waals surface area contributed by atoms with Crippen molar-refractivity contribution in [3.8, 4) is 0 Å². The highest BCUT2D eigenvalue weighted by atomic mass is 35.5. The maximum Gasteiger partial charge on any atom is 0.409 e. The molecule has 12 heteroatoms. The monoisotopic (exact) mass is 584 g/mol. The van der Waals surface area contributed by atoms with Crippen molar-refractivity contribution < 1.29 is 27.9 Å². The molecule has 39 heavy (non-hydrogen) atoms. The first-order valence-corrected chi connectivity index (χ1v) is 13.6. The number of nitrogens with one attached hydrogen (secondary N) is 3. The smallest absolute Gasteiger partial charge is 0.409 e. The van der Waals surface area contributed by atoms with Gasteiger partial charge in [0.15, 0.2) is 0 Å². The molecule has 212 valence electrons. The molecule has 2 aliphatic heterocycles. The SMILES string of the molecule is CCOC(=O)N1CCC[C@H](C(=O)Nc2cccc(F)c2Cl)C1.O=C(Nc1cccc(F)c1Cl)[C@H]1CCCNC1. The third-order valence-electron chi connectivity index (χ3n) is 6.40. The van der Waals surface area contributed by atoms with Crippen LogP contribution in [0.5, 0.6) is 0 Å². The molecule has 0 aliphatic carbocycles. The Bertz CT molecular complexity index is 1160. The second kappa shape index (κ2) is 15.0. The van der Waals surface area contributed by atoms with Gasteiger partial charge in [-0.25, -0.2) is 13.6 Å². The number of hydrogen-bond donors (Lipinski definition) is 3. The first-order chi connectivity index (χ1) is 18.7. The second-order valence-corrected chi connectivity index (χ2v) is 9.96. The summed E-state index contributed by atoms with van der Waals surface area (Å²) in [7, 11) is 0. The molecule has 2 heterocycles. The van der Waals surface area contributed by atoms with Gasteiger partial charge in [-0.1, -0.05) is 35.3 Å². The molecule has 3 amide bonds. The van der Waals surface area contributed by atoms with Crippen LogP contribution in [0.15, 0.2) is 36.4 Å². The van der Waals surface area contributed by atoms with Gasteiger partial charge in [0.2, 0.25) is 11.8 Å². The van der Waals surface area contributed by atoms with E-state index >= 15 is 0 Å². The van der Waals surface area contributed by atoms with Crippen LogP contribution < -0.4 is 16.0 Å². The van der Waals surface area contributed by atoms with Crippen LogP contribution in [0.2, 0.25) is 10.0 Å². The van der Waals surface area contributed by atoms with E-state index in [2.05, 4.69) is 16.0 Å². The summed E-state index contributed by atoms with van der Waals surface area (Å²) in [6, 6.07) is 8.62. The van der Waals surface area contributed by atoms with E-state index in [0.717, 1.165) is 19.4 Å². The van der Waals surface area contributed by atoms with Crippen molar-refractivity contribution >= 4 is 52.5 Å². The molecule has 0 spiro atoms. The van der Waals surface area contributed by atoms with Crippen LogP contribution in [0.4, 0.5) is 25.0 Å². The summed E-state index contributed by atoms with van der Waals surface area (Å²) in [5, 5.41) is 8.30. The average Bonchev–Trinajstić information content (AvgIpc) is 2.95. The number of amides is 3. The van der Waals surface area contributed by atoms with Crippen molar-refractivity contribution in [2.45, 2.75) is 32.6 Å². The van der Waals surface area contributed by atoms with Gasteiger partial charge in [0.05, 0.1) is 39.9 Å². The molecular formula is C27H32Cl2F2N4O4. The lowest BCUT2D eigenvalue weighted by Crippen LogP contribution is -2.44. The van der Waals surface area contributed by atoms with E-state index in [9.17, 15) is 23.2 Å². The Kier molecular flexibility index (Phi) is 11.8. The summed E-state index contributed by atoms with van der Waals surface area (Å²) in [6.07, 6.45) is 2.80. The van der Waals surface area contributed by atoms with Gasteiger partial charge in [0, 0.05) is 19.6 Å². The Labute approximate surface area is 236 Å². The third kappa shape index (κ3) is 8.78. The summed E-state index contributed by atoms with van der Waals surface area (Å²) in [6.45, 7) is 4.51. The Balaban J connectivity index is 0.000000223. The first kappa shape index (κ1) is 30.6. The molecule has 2 aliphatic rings. The molecular weight excluding hydrogens is 553 g/mol. The highest BCUT2D eigenvalue weighted by Crippen LogP contribution is 2.27. The zero-order valence-corrected chi connectivity index (χ0v) is 23.1. The number of anilines is 2. The van der Waals surface area contributed by atoms with E-state index in [1.165, 1.54) is 35.2 Å². The molecule has 2 atom stereocenters. The number of carbonyl (C=O) groups excluding carboxylic acids is 3. The van der Waals surface area contributed by atoms with Gasteiger partial charge >= 0.3 is 6.09 Å². The van der Waals surface area contributed by atoms with Gasteiger partial charge in [-0.15, -0.1) is 0 Å². The minimum Gasteiger partial charge on any atom is -0.450 e. The number of nitrogens with zero attached hydrogens (tertiary/aromatic N) is 1. The molecule has 2 aromatic carbocycles. The number of benzene rings is 2. The van der Waals surface area contributed by atoms with Crippen LogP contribution in [-0.2, 0) is 14.3 Å². The molecule has 4 rings (SSSR count). The van der Waals surface area contributed by atoms with E-state index in [4.69, 9.17) is 27.9 Å². The standard InChI is InChI=1S/C15H18ClFN2O3.C12H14ClFN2O/c1-2-22-15(21)19-8-4-5-10(9-19)14(20)18-12-7-3-6-11(17)13(12)16;13-11-9(14)4-1-5-10(11)16-12(17)8-3-2-6-15-7-8/h3,6-7,10H,2,4-5,8-9H2,1H3,(H,18,20);1,4-5,8,15H,2-3,6-7H2,(H,16,17)/t10-;8-/m00/s1. The van der Waals surface area contributed by atoms with Crippen molar-refractivity contribution in [2.75, 3.05) is 43.4 Å². The fourth-order valence-electron chi connectivity index (χ4n) is 4.32. The van der Waals surface area contributed by atoms with Gasteiger partial charge in [0.1, 0.15) is 11.6 Å². The van der Waals surface area contributed by atoms with Crippen LogP contribution in [-0.4, -0.2) is 55.6 Å². The zero-order chi connectivity index (χ0) is 28.4. The third-order valence-corrected chi connectivity index (χ3v) is 7.17. The number of likely N-dealkylation sites (tertiary alicyclic amines) is 1. The number of piperidine rings is 2. The molecule has 8 nitrogen and oxygen atoms in total. The Morgan fingerprint density at radius 1 is 0.949 bits per heavy atom. The van der Waals surface area contributed by atoms with Crippen LogP contribution in [0, 0.1) is 23.5 Å². The van der Waals surface area contributed by atoms with E-state index < -0.39 is 17.7 Å². The van der Waals surface area contributed by atoms with Crippen LogP contribution in [0.3, 0.4) is 0 Å². The van der Waals surface area contributed by atoms with Crippen LogP contribution in [0.25, 0.3) is 0 Å². The predicted octanol–water partition coefficient (Wildman–Crippen LogP) is 5.70. The lowest BCUT2D eigenvalue weighted by molar-refractivity contribution is -0.121. The fraction of sp³-hybridized carbons (Fsp3) is 0.444. The Hall–Kier alpha value is -2.95. The van der Waals surface area contributed by atoms with Crippen molar-refractivity contribution in [3.05, 3.63) is 58.1 Å². The largest absolute Gasteiger partial charge is 0.450 e. The minimum atomic E-state index is -0.587. The van der Waals surface area contributed by atoms with Gasteiger partial charge in [-0.05, 0) is 63.4 Å². The molecule has 0 aromatic heterocycles. The molecule has 2 saturated heterocycles. The lowest BCUT2D eigenvalue weighted by Gasteiger charge is -2.31.